The number of ether oxygens (including phenoxy) is 1. The number of phenolic OH excluding ortho intramolecular Hbond substituents is 1. The molecule has 2 fully saturated rings. The molecule has 4 aromatic heterocycles. The molecule has 7 rings (SSSR count). The number of rotatable bonds is 7. The molecule has 5 aromatic rings. The lowest BCUT2D eigenvalue weighted by Crippen LogP contribution is -2.43. The Kier molecular flexibility index (Phi) is 7.61. The van der Waals surface area contributed by atoms with Gasteiger partial charge in [0.15, 0.2) is 11.6 Å². The minimum absolute atomic E-state index is 0.00751. The summed E-state index contributed by atoms with van der Waals surface area (Å²) in [7, 11) is 0. The number of alkyl halides is 1. The van der Waals surface area contributed by atoms with E-state index in [1.54, 1.807) is 19.1 Å². The number of halogens is 4. The topological polar surface area (TPSA) is 172 Å². The predicted molar refractivity (Wildman–Crippen MR) is 173 cm³/mol. The Hall–Kier alpha value is -4.65. The molecular weight excluding hydrogens is 655 g/mol. The van der Waals surface area contributed by atoms with Crippen LogP contribution in [0.25, 0.3) is 32.2 Å². The van der Waals surface area contributed by atoms with Crippen molar-refractivity contribution < 1.29 is 23.0 Å². The second kappa shape index (κ2) is 11.5. The fraction of sp³-hybridized carbons (Fsp3) is 0.323. The van der Waals surface area contributed by atoms with E-state index in [2.05, 4.69) is 30.2 Å². The number of thiophene rings is 1. The minimum atomic E-state index is -1.04. The first kappa shape index (κ1) is 31.0. The van der Waals surface area contributed by atoms with Gasteiger partial charge in [-0.3, -0.25) is 9.88 Å². The number of nitrogens with zero attached hydrogens (tertiary/aromatic N) is 6. The first-order valence-electron chi connectivity index (χ1n) is 14.7. The highest BCUT2D eigenvalue weighted by Gasteiger charge is 2.49. The van der Waals surface area contributed by atoms with Crippen LogP contribution in [0.4, 0.5) is 29.8 Å². The van der Waals surface area contributed by atoms with E-state index in [4.69, 9.17) is 27.8 Å². The first-order valence-corrected chi connectivity index (χ1v) is 15.9. The molecule has 6 heterocycles. The van der Waals surface area contributed by atoms with Gasteiger partial charge in [-0.05, 0) is 32.4 Å². The van der Waals surface area contributed by atoms with E-state index >= 15 is 4.39 Å². The molecule has 11 nitrogen and oxygen atoms in total. The maximum atomic E-state index is 16.9. The number of hydrogen-bond acceptors (Lipinski definition) is 12. The zero-order chi connectivity index (χ0) is 33.2. The summed E-state index contributed by atoms with van der Waals surface area (Å²) >= 11 is 7.45. The van der Waals surface area contributed by atoms with Crippen molar-refractivity contribution in [2.24, 2.45) is 0 Å². The third-order valence-corrected chi connectivity index (χ3v) is 10.3. The Morgan fingerprint density at radius 2 is 2.11 bits per heavy atom. The molecule has 0 radical (unpaired) electrons. The molecule has 1 aromatic carbocycles. The second-order valence-corrected chi connectivity index (χ2v) is 13.2. The zero-order valence-electron chi connectivity index (χ0n) is 24.8. The lowest BCUT2D eigenvalue weighted by molar-refractivity contribution is 0.107. The van der Waals surface area contributed by atoms with Crippen molar-refractivity contribution >= 4 is 60.6 Å². The van der Waals surface area contributed by atoms with Crippen LogP contribution in [-0.2, 0) is 0 Å². The Labute approximate surface area is 275 Å². The molecule has 3 atom stereocenters. The lowest BCUT2D eigenvalue weighted by Gasteiger charge is -2.31. The van der Waals surface area contributed by atoms with E-state index < -0.39 is 51.2 Å². The number of anilines is 3. The highest BCUT2D eigenvalue weighted by Crippen LogP contribution is 2.49. The Bertz CT molecular complexity index is 2130. The maximum absolute atomic E-state index is 16.9. The lowest BCUT2D eigenvalue weighted by atomic mass is 9.95. The second-order valence-electron chi connectivity index (χ2n) is 11.7. The molecule has 2 saturated heterocycles. The van der Waals surface area contributed by atoms with Gasteiger partial charge in [0.05, 0.1) is 49.7 Å². The molecule has 47 heavy (non-hydrogen) atoms. The van der Waals surface area contributed by atoms with Crippen LogP contribution in [0.15, 0.2) is 24.5 Å². The van der Waals surface area contributed by atoms with Gasteiger partial charge < -0.3 is 26.6 Å². The number of nitrogens with one attached hydrogen (secondary N) is 1. The standard InChI is InChI=1S/C31H27ClF3N9O2S/c1-13(15-4-2-6-39-27(15)37)41-29-20-24(42-30(43-29)46-12-31-5-3-7-44(31)11-14(33)8-31)22(35)19(21(32)25(20)45)23-18-16(9-36)28(38)47-26(18)17(34)10-40-23/h2,4,6,10,13-14,45H,3,5,7-8,11-12,38H2,1H3,(H2,37,39)(H,41,42,43)/t13-,14-,31+/m1/s1. The Balaban J connectivity index is 1.42. The molecule has 0 aliphatic carbocycles. The third kappa shape index (κ3) is 4.98. The molecule has 0 spiro atoms. The normalized spacial score (nSPS) is 20.0. The van der Waals surface area contributed by atoms with Crippen LogP contribution in [0.5, 0.6) is 11.8 Å². The van der Waals surface area contributed by atoms with Crippen molar-refractivity contribution in [3.8, 4) is 29.1 Å². The third-order valence-electron chi connectivity index (χ3n) is 8.95. The number of nitriles is 1. The number of benzene rings is 1. The van der Waals surface area contributed by atoms with Gasteiger partial charge in [-0.1, -0.05) is 17.7 Å². The number of fused-ring (bicyclic) bond motifs is 3. The van der Waals surface area contributed by atoms with Crippen molar-refractivity contribution in [3.63, 3.8) is 0 Å². The monoisotopic (exact) mass is 681 g/mol. The van der Waals surface area contributed by atoms with Crippen LogP contribution in [0.2, 0.25) is 5.02 Å². The van der Waals surface area contributed by atoms with E-state index in [0.29, 0.717) is 12.1 Å². The van der Waals surface area contributed by atoms with Crippen molar-refractivity contribution in [1.82, 2.24) is 24.8 Å². The number of pyridine rings is 2. The van der Waals surface area contributed by atoms with E-state index in [1.807, 2.05) is 6.07 Å². The summed E-state index contributed by atoms with van der Waals surface area (Å²) in [6, 6.07) is 4.58. The molecule has 242 valence electrons. The van der Waals surface area contributed by atoms with Crippen molar-refractivity contribution in [1.29, 1.82) is 5.26 Å². The van der Waals surface area contributed by atoms with Gasteiger partial charge in [0, 0.05) is 30.1 Å². The Morgan fingerprint density at radius 3 is 2.87 bits per heavy atom. The van der Waals surface area contributed by atoms with Gasteiger partial charge in [0.1, 0.15) is 46.8 Å². The smallest absolute Gasteiger partial charge is 0.319 e. The number of hydrogen-bond donors (Lipinski definition) is 4. The molecular formula is C31H27ClF3N9O2S. The molecule has 2 aliphatic rings. The van der Waals surface area contributed by atoms with Gasteiger partial charge in [-0.2, -0.15) is 15.2 Å². The molecule has 0 bridgehead atoms. The molecule has 0 amide bonds. The van der Waals surface area contributed by atoms with Crippen molar-refractivity contribution in [2.75, 3.05) is 36.5 Å². The van der Waals surface area contributed by atoms with Gasteiger partial charge in [-0.15, -0.1) is 11.3 Å². The zero-order valence-corrected chi connectivity index (χ0v) is 26.4. The van der Waals surface area contributed by atoms with Crippen LogP contribution in [0.3, 0.4) is 0 Å². The van der Waals surface area contributed by atoms with Gasteiger partial charge in [-0.25, -0.2) is 18.2 Å². The summed E-state index contributed by atoms with van der Waals surface area (Å²) in [4.78, 5) is 19.1. The van der Waals surface area contributed by atoms with E-state index in [1.165, 1.54) is 6.20 Å². The first-order chi connectivity index (χ1) is 22.5. The fourth-order valence-corrected chi connectivity index (χ4v) is 7.95. The molecule has 0 unspecified atom stereocenters. The van der Waals surface area contributed by atoms with Crippen LogP contribution in [0, 0.1) is 23.0 Å². The largest absolute Gasteiger partial charge is 0.506 e. The fourth-order valence-electron chi connectivity index (χ4n) is 6.76. The molecule has 2 aliphatic heterocycles. The summed E-state index contributed by atoms with van der Waals surface area (Å²) in [6.07, 6.45) is 3.29. The predicted octanol–water partition coefficient (Wildman–Crippen LogP) is 6.10. The summed E-state index contributed by atoms with van der Waals surface area (Å²) in [5.74, 6) is -2.19. The summed E-state index contributed by atoms with van der Waals surface area (Å²) in [5.41, 5.74) is 11.0. The number of aromatic hydroxyl groups is 1. The summed E-state index contributed by atoms with van der Waals surface area (Å²) < 4.78 is 52.2. The number of nitrogens with two attached hydrogens (primary N) is 2. The number of phenols is 1. The SMILES string of the molecule is C[C@@H](Nc1nc(OC[C@@]23CCCN2C[C@H](F)C3)nc2c(F)c(-c3ncc(F)c4sc(N)c(C#N)c34)c(Cl)c(O)c12)c1cccnc1N. The minimum Gasteiger partial charge on any atom is -0.506 e. The highest BCUT2D eigenvalue weighted by molar-refractivity contribution is 7.23. The highest BCUT2D eigenvalue weighted by atomic mass is 35.5. The van der Waals surface area contributed by atoms with Crippen molar-refractivity contribution in [2.45, 2.75) is 43.9 Å². The van der Waals surface area contributed by atoms with Crippen LogP contribution in [-0.4, -0.2) is 61.3 Å². The Morgan fingerprint density at radius 1 is 1.30 bits per heavy atom. The van der Waals surface area contributed by atoms with Gasteiger partial charge >= 0.3 is 6.01 Å². The van der Waals surface area contributed by atoms with Crippen molar-refractivity contribution in [3.05, 3.63) is 52.3 Å². The van der Waals surface area contributed by atoms with Gasteiger partial charge in [0.2, 0.25) is 0 Å². The van der Waals surface area contributed by atoms with E-state index in [9.17, 15) is 19.1 Å². The van der Waals surface area contributed by atoms with E-state index in [0.717, 1.165) is 36.9 Å². The number of aromatic nitrogens is 4. The van der Waals surface area contributed by atoms with Crippen LogP contribution in [0.1, 0.15) is 43.4 Å². The average molecular weight is 682 g/mol. The van der Waals surface area contributed by atoms with Gasteiger partial charge in [0.25, 0.3) is 0 Å². The maximum Gasteiger partial charge on any atom is 0.319 e. The molecule has 0 saturated carbocycles. The molecule has 16 heteroatoms. The van der Waals surface area contributed by atoms with Crippen LogP contribution >= 0.6 is 22.9 Å². The molecule has 6 N–H and O–H groups in total. The number of nitrogen functional groups attached to an aromatic ring is 2. The average Bonchev–Trinajstić information content (AvgIpc) is 3.69. The van der Waals surface area contributed by atoms with E-state index in [-0.39, 0.29) is 62.4 Å². The van der Waals surface area contributed by atoms with Crippen LogP contribution < -0.4 is 21.5 Å². The summed E-state index contributed by atoms with van der Waals surface area (Å²) in [5, 5.41) is 23.8. The summed E-state index contributed by atoms with van der Waals surface area (Å²) in [6.45, 7) is 2.86. The quantitative estimate of drug-likeness (QED) is 0.156.